The number of rotatable bonds is 5. The van der Waals surface area contributed by atoms with Crippen molar-refractivity contribution in [1.29, 1.82) is 0 Å². The number of ether oxygens (including phenoxy) is 1. The summed E-state index contributed by atoms with van der Waals surface area (Å²) < 4.78 is 10.5. The van der Waals surface area contributed by atoms with Crippen LogP contribution in [0.4, 0.5) is 17.5 Å². The van der Waals surface area contributed by atoms with E-state index in [1.165, 1.54) is 0 Å². The number of aryl methyl sites for hydroxylation is 1. The van der Waals surface area contributed by atoms with Crippen LogP contribution < -0.4 is 20.6 Å². The molecule has 4 aromatic rings. The van der Waals surface area contributed by atoms with E-state index in [0.717, 1.165) is 22.5 Å². The highest BCUT2D eigenvalue weighted by Crippen LogP contribution is 2.22. The molecule has 1 aliphatic heterocycles. The van der Waals surface area contributed by atoms with Crippen LogP contribution in [0.15, 0.2) is 69.9 Å². The zero-order valence-corrected chi connectivity index (χ0v) is 19.5. The maximum absolute atomic E-state index is 13.1. The van der Waals surface area contributed by atoms with Crippen molar-refractivity contribution in [3.63, 3.8) is 0 Å². The Kier molecular flexibility index (Phi) is 6.05. The van der Waals surface area contributed by atoms with Gasteiger partial charge in [-0.3, -0.25) is 4.79 Å². The number of nitrogens with one attached hydrogen (secondary N) is 1. The standard InChI is InChI=1S/C26H25N5O4/c1-17-15-23(28-19-7-9-20(34-2)10-8-19)29-26(27-17)31-13-11-30(12-14-31)24(32)21-16-18-5-3-4-6-22(18)35-25(21)33/h3-10,15-16H,11-14H2,1-2H3,(H,27,28,29). The number of hydrogen-bond acceptors (Lipinski definition) is 8. The van der Waals surface area contributed by atoms with E-state index in [0.29, 0.717) is 43.5 Å². The van der Waals surface area contributed by atoms with Crippen LogP contribution in [-0.4, -0.2) is 54.1 Å². The summed E-state index contributed by atoms with van der Waals surface area (Å²) in [7, 11) is 1.63. The van der Waals surface area contributed by atoms with Crippen molar-refractivity contribution in [2.45, 2.75) is 6.92 Å². The van der Waals surface area contributed by atoms with Crippen LogP contribution in [0, 0.1) is 6.92 Å². The second kappa shape index (κ2) is 9.46. The van der Waals surface area contributed by atoms with E-state index in [-0.39, 0.29) is 11.5 Å². The molecule has 9 nitrogen and oxygen atoms in total. The molecule has 1 N–H and O–H groups in total. The lowest BCUT2D eigenvalue weighted by Crippen LogP contribution is -2.50. The summed E-state index contributed by atoms with van der Waals surface area (Å²) in [4.78, 5) is 38.4. The van der Waals surface area contributed by atoms with Crippen molar-refractivity contribution in [3.05, 3.63) is 82.3 Å². The summed E-state index contributed by atoms with van der Waals surface area (Å²) in [6.07, 6.45) is 0. The first-order valence-corrected chi connectivity index (χ1v) is 11.3. The first-order chi connectivity index (χ1) is 17.0. The van der Waals surface area contributed by atoms with Crippen LogP contribution in [0.1, 0.15) is 16.1 Å². The molecular weight excluding hydrogens is 446 g/mol. The zero-order chi connectivity index (χ0) is 24.4. The second-order valence-corrected chi connectivity index (χ2v) is 8.31. The molecule has 35 heavy (non-hydrogen) atoms. The molecule has 0 bridgehead atoms. The maximum atomic E-state index is 13.1. The predicted molar refractivity (Wildman–Crippen MR) is 134 cm³/mol. The van der Waals surface area contributed by atoms with Crippen LogP contribution in [0.5, 0.6) is 5.75 Å². The van der Waals surface area contributed by atoms with Crippen molar-refractivity contribution in [2.24, 2.45) is 0 Å². The highest BCUT2D eigenvalue weighted by Gasteiger charge is 2.26. The molecule has 0 spiro atoms. The quantitative estimate of drug-likeness (QED) is 0.441. The van der Waals surface area contributed by atoms with Crippen molar-refractivity contribution < 1.29 is 13.9 Å². The van der Waals surface area contributed by atoms with Crippen molar-refractivity contribution in [1.82, 2.24) is 14.9 Å². The van der Waals surface area contributed by atoms with Gasteiger partial charge in [-0.2, -0.15) is 4.98 Å². The molecule has 0 saturated carbocycles. The fraction of sp³-hybridized carbons (Fsp3) is 0.231. The van der Waals surface area contributed by atoms with Gasteiger partial charge < -0.3 is 24.3 Å². The minimum Gasteiger partial charge on any atom is -0.497 e. The third-order valence-corrected chi connectivity index (χ3v) is 5.93. The van der Waals surface area contributed by atoms with Crippen molar-refractivity contribution >= 4 is 34.3 Å². The molecule has 1 saturated heterocycles. The fourth-order valence-electron chi connectivity index (χ4n) is 4.07. The Morgan fingerprint density at radius 3 is 2.49 bits per heavy atom. The maximum Gasteiger partial charge on any atom is 0.349 e. The van der Waals surface area contributed by atoms with E-state index < -0.39 is 5.63 Å². The molecule has 9 heteroatoms. The van der Waals surface area contributed by atoms with Gasteiger partial charge in [-0.1, -0.05) is 18.2 Å². The molecule has 2 aromatic carbocycles. The average Bonchev–Trinajstić information content (AvgIpc) is 2.88. The van der Waals surface area contributed by atoms with Gasteiger partial charge in [0.2, 0.25) is 5.95 Å². The van der Waals surface area contributed by atoms with Gasteiger partial charge in [-0.15, -0.1) is 0 Å². The number of fused-ring (bicyclic) bond motifs is 1. The number of nitrogens with zero attached hydrogens (tertiary/aromatic N) is 4. The predicted octanol–water partition coefficient (Wildman–Crippen LogP) is 3.61. The summed E-state index contributed by atoms with van der Waals surface area (Å²) in [5.74, 6) is 1.74. The molecule has 5 rings (SSSR count). The molecule has 1 fully saturated rings. The molecule has 3 heterocycles. The molecule has 0 aliphatic carbocycles. The molecule has 0 radical (unpaired) electrons. The number of hydrogen-bond donors (Lipinski definition) is 1. The summed E-state index contributed by atoms with van der Waals surface area (Å²) in [5, 5.41) is 4.02. The SMILES string of the molecule is COc1ccc(Nc2cc(C)nc(N3CCN(C(=O)c4cc5ccccc5oc4=O)CC3)n2)cc1. The van der Waals surface area contributed by atoms with Crippen LogP contribution in [0.3, 0.4) is 0 Å². The third-order valence-electron chi connectivity index (χ3n) is 5.93. The summed E-state index contributed by atoms with van der Waals surface area (Å²) in [6, 6.07) is 18.2. The lowest BCUT2D eigenvalue weighted by Gasteiger charge is -2.34. The molecule has 178 valence electrons. The Bertz CT molecular complexity index is 1430. The molecule has 1 amide bonds. The Morgan fingerprint density at radius 1 is 1.00 bits per heavy atom. The first-order valence-electron chi connectivity index (χ1n) is 11.3. The number of para-hydroxylation sites is 1. The number of benzene rings is 2. The van der Waals surface area contributed by atoms with Gasteiger partial charge in [-0.25, -0.2) is 9.78 Å². The van der Waals surface area contributed by atoms with Crippen LogP contribution in [-0.2, 0) is 0 Å². The normalized spacial score (nSPS) is 13.7. The highest BCUT2D eigenvalue weighted by atomic mass is 16.5. The summed E-state index contributed by atoms with van der Waals surface area (Å²) in [6.45, 7) is 3.92. The molecule has 2 aromatic heterocycles. The van der Waals surface area contributed by atoms with E-state index in [9.17, 15) is 9.59 Å². The number of aromatic nitrogens is 2. The Balaban J connectivity index is 1.28. The largest absolute Gasteiger partial charge is 0.497 e. The second-order valence-electron chi connectivity index (χ2n) is 8.31. The minimum absolute atomic E-state index is 0.0509. The summed E-state index contributed by atoms with van der Waals surface area (Å²) >= 11 is 0. The number of carbonyl (C=O) groups is 1. The van der Waals surface area contributed by atoms with Gasteiger partial charge in [-0.05, 0) is 43.3 Å². The van der Waals surface area contributed by atoms with Gasteiger partial charge in [0.15, 0.2) is 0 Å². The van der Waals surface area contributed by atoms with Crippen LogP contribution in [0.25, 0.3) is 11.0 Å². The number of amides is 1. The zero-order valence-electron chi connectivity index (χ0n) is 19.5. The monoisotopic (exact) mass is 471 g/mol. The number of carbonyl (C=O) groups excluding carboxylic acids is 1. The van der Waals surface area contributed by atoms with Crippen molar-refractivity contribution in [2.75, 3.05) is 43.5 Å². The molecule has 0 unspecified atom stereocenters. The lowest BCUT2D eigenvalue weighted by atomic mass is 10.1. The number of anilines is 3. The van der Waals surface area contributed by atoms with Gasteiger partial charge in [0, 0.05) is 49.0 Å². The Morgan fingerprint density at radius 2 is 1.74 bits per heavy atom. The summed E-state index contributed by atoms with van der Waals surface area (Å²) in [5.41, 5.74) is 1.62. The number of methoxy groups -OCH3 is 1. The van der Waals surface area contributed by atoms with E-state index >= 15 is 0 Å². The van der Waals surface area contributed by atoms with Gasteiger partial charge >= 0.3 is 5.63 Å². The third kappa shape index (κ3) is 4.79. The van der Waals surface area contributed by atoms with Crippen molar-refractivity contribution in [3.8, 4) is 5.75 Å². The first kappa shape index (κ1) is 22.4. The van der Waals surface area contributed by atoms with Crippen LogP contribution in [0.2, 0.25) is 0 Å². The Labute approximate surface area is 202 Å². The fourth-order valence-corrected chi connectivity index (χ4v) is 4.07. The van der Waals surface area contributed by atoms with Gasteiger partial charge in [0.05, 0.1) is 7.11 Å². The Hall–Kier alpha value is -4.40. The van der Waals surface area contributed by atoms with E-state index in [2.05, 4.69) is 15.3 Å². The van der Waals surface area contributed by atoms with Gasteiger partial charge in [0.25, 0.3) is 5.91 Å². The highest BCUT2D eigenvalue weighted by molar-refractivity contribution is 5.96. The molecule has 0 atom stereocenters. The molecule has 1 aliphatic rings. The van der Waals surface area contributed by atoms with E-state index in [4.69, 9.17) is 9.15 Å². The van der Waals surface area contributed by atoms with E-state index in [1.807, 2.05) is 54.3 Å². The topological polar surface area (TPSA) is 101 Å². The smallest absolute Gasteiger partial charge is 0.349 e. The van der Waals surface area contributed by atoms with Gasteiger partial charge in [0.1, 0.15) is 22.7 Å². The average molecular weight is 472 g/mol. The lowest BCUT2D eigenvalue weighted by molar-refractivity contribution is 0.0742. The van der Waals surface area contributed by atoms with Crippen LogP contribution >= 0.6 is 0 Å². The minimum atomic E-state index is -0.618. The van der Waals surface area contributed by atoms with E-state index in [1.54, 1.807) is 30.2 Å². The molecular formula is C26H25N5O4. The number of piperazine rings is 1.